The Morgan fingerprint density at radius 2 is 2.25 bits per heavy atom. The van der Waals surface area contributed by atoms with E-state index in [9.17, 15) is 9.90 Å². The lowest BCUT2D eigenvalue weighted by Gasteiger charge is -2.24. The zero-order chi connectivity index (χ0) is 11.9. The van der Waals surface area contributed by atoms with Gasteiger partial charge in [-0.25, -0.2) is 4.79 Å². The van der Waals surface area contributed by atoms with Gasteiger partial charge in [0.15, 0.2) is 0 Å². The number of rotatable bonds is 2. The molecule has 1 aromatic rings. The summed E-state index contributed by atoms with van der Waals surface area (Å²) in [6.45, 7) is 4.79. The van der Waals surface area contributed by atoms with E-state index in [2.05, 4.69) is 16.9 Å². The van der Waals surface area contributed by atoms with Gasteiger partial charge in [0.2, 0.25) is 0 Å². The first kappa shape index (κ1) is 11.0. The van der Waals surface area contributed by atoms with Crippen LogP contribution in [0.3, 0.4) is 0 Å². The number of carboxylic acids is 1. The van der Waals surface area contributed by atoms with Crippen molar-refractivity contribution >= 4 is 11.8 Å². The summed E-state index contributed by atoms with van der Waals surface area (Å²) in [5, 5.41) is 13.4. The van der Waals surface area contributed by atoms with E-state index in [1.165, 1.54) is 0 Å². The fourth-order valence-corrected chi connectivity index (χ4v) is 2.47. The van der Waals surface area contributed by atoms with Crippen molar-refractivity contribution in [3.05, 3.63) is 11.3 Å². The third-order valence-corrected chi connectivity index (χ3v) is 3.23. The smallest absolute Gasteiger partial charge is 0.341 e. The molecule has 0 saturated carbocycles. The minimum Gasteiger partial charge on any atom is -0.477 e. The highest BCUT2D eigenvalue weighted by Gasteiger charge is 2.29. The van der Waals surface area contributed by atoms with E-state index in [1.807, 2.05) is 0 Å². The number of hydrogen-bond acceptors (Lipinski definition) is 3. The van der Waals surface area contributed by atoms with Crippen molar-refractivity contribution < 1.29 is 9.90 Å². The number of hydrogen-bond donors (Lipinski definition) is 1. The maximum absolute atomic E-state index is 11.2. The Morgan fingerprint density at radius 3 is 2.75 bits per heavy atom. The third-order valence-electron chi connectivity index (χ3n) is 3.23. The van der Waals surface area contributed by atoms with Crippen LogP contribution in [0.15, 0.2) is 0 Å². The number of anilines is 1. The predicted molar refractivity (Wildman–Crippen MR) is 60.9 cm³/mol. The van der Waals surface area contributed by atoms with Gasteiger partial charge in [0, 0.05) is 19.6 Å². The lowest BCUT2D eigenvalue weighted by molar-refractivity contribution is 0.0696. The highest BCUT2D eigenvalue weighted by Crippen LogP contribution is 2.29. The van der Waals surface area contributed by atoms with Gasteiger partial charge in [0.25, 0.3) is 0 Å². The predicted octanol–water partition coefficient (Wildman–Crippen LogP) is 1.42. The summed E-state index contributed by atoms with van der Waals surface area (Å²) < 4.78 is 1.68. The van der Waals surface area contributed by atoms with Crippen LogP contribution in [0.4, 0.5) is 5.82 Å². The molecule has 0 radical (unpaired) electrons. The summed E-state index contributed by atoms with van der Waals surface area (Å²) in [4.78, 5) is 13.4. The van der Waals surface area contributed by atoms with Crippen molar-refractivity contribution in [3.8, 4) is 0 Å². The van der Waals surface area contributed by atoms with Crippen LogP contribution in [0.1, 0.15) is 35.8 Å². The summed E-state index contributed by atoms with van der Waals surface area (Å²) >= 11 is 0. The molecule has 1 aromatic heterocycles. The van der Waals surface area contributed by atoms with Gasteiger partial charge in [-0.3, -0.25) is 4.68 Å². The standard InChI is InChI=1S/C11H17N3O2/c1-7-5-4-6-14(7)10-9(11(15)16)8(2)12-13(10)3/h7H,4-6H2,1-3H3,(H,15,16). The van der Waals surface area contributed by atoms with Crippen LogP contribution in [0.5, 0.6) is 0 Å². The fraction of sp³-hybridized carbons (Fsp3) is 0.636. The van der Waals surface area contributed by atoms with Crippen LogP contribution in [-0.4, -0.2) is 33.4 Å². The maximum Gasteiger partial charge on any atom is 0.341 e. The summed E-state index contributed by atoms with van der Waals surface area (Å²) in [5.41, 5.74) is 0.931. The summed E-state index contributed by atoms with van der Waals surface area (Å²) in [6.07, 6.45) is 2.23. The molecule has 0 spiro atoms. The SMILES string of the molecule is Cc1nn(C)c(N2CCCC2C)c1C(=O)O. The van der Waals surface area contributed by atoms with Gasteiger partial charge in [-0.05, 0) is 26.7 Å². The van der Waals surface area contributed by atoms with Crippen molar-refractivity contribution in [3.63, 3.8) is 0 Å². The summed E-state index contributed by atoms with van der Waals surface area (Å²) in [7, 11) is 1.81. The van der Waals surface area contributed by atoms with E-state index < -0.39 is 5.97 Å². The molecule has 0 aromatic carbocycles. The molecule has 1 saturated heterocycles. The molecule has 1 N–H and O–H groups in total. The number of nitrogens with zero attached hydrogens (tertiary/aromatic N) is 3. The van der Waals surface area contributed by atoms with E-state index in [4.69, 9.17) is 0 Å². The van der Waals surface area contributed by atoms with Crippen LogP contribution < -0.4 is 4.90 Å². The molecule has 1 aliphatic heterocycles. The van der Waals surface area contributed by atoms with E-state index >= 15 is 0 Å². The number of carboxylic acid groups (broad SMARTS) is 1. The van der Waals surface area contributed by atoms with E-state index in [1.54, 1.807) is 18.7 Å². The van der Waals surface area contributed by atoms with E-state index in [-0.39, 0.29) is 0 Å². The number of aromatic nitrogens is 2. The van der Waals surface area contributed by atoms with E-state index in [0.29, 0.717) is 17.3 Å². The quantitative estimate of drug-likeness (QED) is 0.823. The molecule has 1 unspecified atom stereocenters. The Bertz CT molecular complexity index is 425. The Kier molecular flexibility index (Phi) is 2.61. The molecule has 0 bridgehead atoms. The highest BCUT2D eigenvalue weighted by atomic mass is 16.4. The first-order chi connectivity index (χ1) is 7.52. The minimum atomic E-state index is -0.889. The molecule has 0 amide bonds. The second-order valence-corrected chi connectivity index (χ2v) is 4.40. The molecule has 5 heteroatoms. The number of aryl methyl sites for hydroxylation is 2. The Hall–Kier alpha value is -1.52. The van der Waals surface area contributed by atoms with Crippen LogP contribution in [0.2, 0.25) is 0 Å². The molecule has 5 nitrogen and oxygen atoms in total. The lowest BCUT2D eigenvalue weighted by Crippen LogP contribution is -2.29. The number of aromatic carboxylic acids is 1. The van der Waals surface area contributed by atoms with Gasteiger partial charge in [-0.2, -0.15) is 5.10 Å². The second-order valence-electron chi connectivity index (χ2n) is 4.40. The van der Waals surface area contributed by atoms with Gasteiger partial charge < -0.3 is 10.0 Å². The number of carbonyl (C=O) groups is 1. The van der Waals surface area contributed by atoms with Crippen molar-refractivity contribution in [1.82, 2.24) is 9.78 Å². The zero-order valence-corrected chi connectivity index (χ0v) is 9.90. The van der Waals surface area contributed by atoms with Gasteiger partial charge >= 0.3 is 5.97 Å². The van der Waals surface area contributed by atoms with Crippen molar-refractivity contribution in [2.75, 3.05) is 11.4 Å². The largest absolute Gasteiger partial charge is 0.477 e. The van der Waals surface area contributed by atoms with Gasteiger partial charge in [0.1, 0.15) is 11.4 Å². The minimum absolute atomic E-state index is 0.344. The molecule has 1 fully saturated rings. The molecular weight excluding hydrogens is 206 g/mol. The Morgan fingerprint density at radius 1 is 1.56 bits per heavy atom. The second kappa shape index (κ2) is 3.81. The van der Waals surface area contributed by atoms with Gasteiger partial charge in [-0.1, -0.05) is 0 Å². The molecule has 0 aliphatic carbocycles. The maximum atomic E-state index is 11.2. The van der Waals surface area contributed by atoms with Gasteiger partial charge in [0.05, 0.1) is 5.69 Å². The average Bonchev–Trinajstić information content (AvgIpc) is 2.69. The Balaban J connectivity index is 2.50. The van der Waals surface area contributed by atoms with Crippen molar-refractivity contribution in [2.24, 2.45) is 7.05 Å². The van der Waals surface area contributed by atoms with Crippen molar-refractivity contribution in [2.45, 2.75) is 32.7 Å². The zero-order valence-electron chi connectivity index (χ0n) is 9.90. The molecular formula is C11H17N3O2. The molecule has 2 rings (SSSR count). The molecule has 2 heterocycles. The molecule has 1 atom stereocenters. The van der Waals surface area contributed by atoms with Crippen molar-refractivity contribution in [1.29, 1.82) is 0 Å². The highest BCUT2D eigenvalue weighted by molar-refractivity contribution is 5.95. The molecule has 88 valence electrons. The Labute approximate surface area is 94.7 Å². The summed E-state index contributed by atoms with van der Waals surface area (Å²) in [5.74, 6) is -0.144. The molecule has 1 aliphatic rings. The normalized spacial score (nSPS) is 20.4. The first-order valence-corrected chi connectivity index (χ1v) is 5.56. The first-order valence-electron chi connectivity index (χ1n) is 5.56. The monoisotopic (exact) mass is 223 g/mol. The topological polar surface area (TPSA) is 58.4 Å². The molecule has 16 heavy (non-hydrogen) atoms. The van der Waals surface area contributed by atoms with E-state index in [0.717, 1.165) is 25.2 Å². The fourth-order valence-electron chi connectivity index (χ4n) is 2.47. The average molecular weight is 223 g/mol. The van der Waals surface area contributed by atoms with Gasteiger partial charge in [-0.15, -0.1) is 0 Å². The summed E-state index contributed by atoms with van der Waals surface area (Å²) in [6, 6.07) is 0.396. The van der Waals surface area contributed by atoms with Crippen LogP contribution in [0, 0.1) is 6.92 Å². The third kappa shape index (κ3) is 1.56. The van der Waals surface area contributed by atoms with Crippen LogP contribution in [0.25, 0.3) is 0 Å². The lowest BCUT2D eigenvalue weighted by atomic mass is 10.2. The van der Waals surface area contributed by atoms with Crippen LogP contribution >= 0.6 is 0 Å². The van der Waals surface area contributed by atoms with Crippen LogP contribution in [-0.2, 0) is 7.05 Å².